The Labute approximate surface area is 153 Å². The number of anilines is 2. The van der Waals surface area contributed by atoms with Crippen molar-refractivity contribution in [1.29, 1.82) is 0 Å². The summed E-state index contributed by atoms with van der Waals surface area (Å²) < 4.78 is 5.20. The number of esters is 1. The lowest BCUT2D eigenvalue weighted by Crippen LogP contribution is -2.41. The SMILES string of the molecule is Cc1ccc2c(c1)OC(=O)CN2CC(=O)Nc1ccc([N+](=O)[O-])cc1Cl. The normalized spacial score (nSPS) is 13.0. The van der Waals surface area contributed by atoms with Crippen LogP contribution in [-0.4, -0.2) is 29.9 Å². The standard InChI is InChI=1S/C17H14ClN3O5/c1-10-2-5-14-15(6-10)26-17(23)9-20(14)8-16(22)19-13-4-3-11(21(24)25)7-12(13)18/h2-7H,8-9H2,1H3,(H,19,22). The largest absolute Gasteiger partial charge is 0.423 e. The van der Waals surface area contributed by atoms with Crippen LogP contribution in [0.5, 0.6) is 5.75 Å². The number of benzene rings is 2. The molecule has 0 saturated carbocycles. The van der Waals surface area contributed by atoms with Gasteiger partial charge in [0.05, 0.1) is 27.9 Å². The van der Waals surface area contributed by atoms with Crippen molar-refractivity contribution in [3.8, 4) is 5.75 Å². The Balaban J connectivity index is 1.75. The molecule has 0 radical (unpaired) electrons. The third-order valence-electron chi connectivity index (χ3n) is 3.77. The number of rotatable bonds is 4. The Hall–Kier alpha value is -3.13. The fraction of sp³-hybridized carbons (Fsp3) is 0.176. The predicted molar refractivity (Wildman–Crippen MR) is 95.8 cm³/mol. The van der Waals surface area contributed by atoms with E-state index in [-0.39, 0.29) is 29.5 Å². The Morgan fingerprint density at radius 2 is 2.12 bits per heavy atom. The number of non-ortho nitro benzene ring substituents is 1. The van der Waals surface area contributed by atoms with E-state index >= 15 is 0 Å². The van der Waals surface area contributed by atoms with Crippen molar-refractivity contribution in [3.05, 3.63) is 57.1 Å². The number of carbonyl (C=O) groups is 2. The van der Waals surface area contributed by atoms with Crippen molar-refractivity contribution >= 4 is 40.5 Å². The third-order valence-corrected chi connectivity index (χ3v) is 4.08. The van der Waals surface area contributed by atoms with E-state index in [0.717, 1.165) is 11.6 Å². The molecule has 1 N–H and O–H groups in total. The first-order chi connectivity index (χ1) is 12.3. The highest BCUT2D eigenvalue weighted by atomic mass is 35.5. The molecule has 0 aliphatic carbocycles. The van der Waals surface area contributed by atoms with Crippen molar-refractivity contribution < 1.29 is 19.2 Å². The topological polar surface area (TPSA) is 102 Å². The van der Waals surface area contributed by atoms with Crippen LogP contribution in [0.25, 0.3) is 0 Å². The zero-order valence-electron chi connectivity index (χ0n) is 13.7. The molecular weight excluding hydrogens is 362 g/mol. The summed E-state index contributed by atoms with van der Waals surface area (Å²) in [5.41, 5.74) is 1.66. The summed E-state index contributed by atoms with van der Waals surface area (Å²) in [5.74, 6) is -0.464. The minimum Gasteiger partial charge on any atom is -0.423 e. The highest BCUT2D eigenvalue weighted by Gasteiger charge is 2.26. The van der Waals surface area contributed by atoms with Crippen LogP contribution < -0.4 is 15.0 Å². The lowest BCUT2D eigenvalue weighted by molar-refractivity contribution is -0.384. The summed E-state index contributed by atoms with van der Waals surface area (Å²) in [6.45, 7) is 1.71. The molecular formula is C17H14ClN3O5. The average Bonchev–Trinajstić information content (AvgIpc) is 2.55. The van der Waals surface area contributed by atoms with Gasteiger partial charge in [-0.25, -0.2) is 4.79 Å². The van der Waals surface area contributed by atoms with E-state index in [4.69, 9.17) is 16.3 Å². The zero-order chi connectivity index (χ0) is 18.8. The maximum Gasteiger partial charge on any atom is 0.331 e. The summed E-state index contributed by atoms with van der Waals surface area (Å²) in [6.07, 6.45) is 0. The second-order valence-electron chi connectivity index (χ2n) is 5.77. The fourth-order valence-corrected chi connectivity index (χ4v) is 2.81. The van der Waals surface area contributed by atoms with Crippen LogP contribution in [0.1, 0.15) is 5.56 Å². The lowest BCUT2D eigenvalue weighted by atomic mass is 10.1. The third kappa shape index (κ3) is 3.75. The average molecular weight is 376 g/mol. The van der Waals surface area contributed by atoms with E-state index in [1.165, 1.54) is 12.1 Å². The number of ether oxygens (including phenoxy) is 1. The van der Waals surface area contributed by atoms with Crippen LogP contribution in [0.4, 0.5) is 17.1 Å². The molecule has 1 aliphatic rings. The van der Waals surface area contributed by atoms with Gasteiger partial charge in [0.2, 0.25) is 5.91 Å². The van der Waals surface area contributed by atoms with Crippen molar-refractivity contribution in [2.24, 2.45) is 0 Å². The van der Waals surface area contributed by atoms with E-state index < -0.39 is 16.8 Å². The molecule has 9 heteroatoms. The summed E-state index contributed by atoms with van der Waals surface area (Å²) in [5, 5.41) is 13.4. The molecule has 1 aliphatic heterocycles. The first-order valence-electron chi connectivity index (χ1n) is 7.63. The van der Waals surface area contributed by atoms with Crippen LogP contribution >= 0.6 is 11.6 Å². The zero-order valence-corrected chi connectivity index (χ0v) is 14.4. The minimum absolute atomic E-state index is 0.0571. The highest BCUT2D eigenvalue weighted by Crippen LogP contribution is 2.33. The Kier molecular flexibility index (Phi) is 4.77. The van der Waals surface area contributed by atoms with Gasteiger partial charge in [-0.2, -0.15) is 0 Å². The number of aryl methyl sites for hydroxylation is 1. The number of fused-ring (bicyclic) bond motifs is 1. The van der Waals surface area contributed by atoms with E-state index in [1.54, 1.807) is 17.0 Å². The summed E-state index contributed by atoms with van der Waals surface area (Å²) in [7, 11) is 0. The molecule has 0 spiro atoms. The number of carbonyl (C=O) groups excluding carboxylic acids is 2. The molecule has 0 atom stereocenters. The van der Waals surface area contributed by atoms with Gasteiger partial charge in [-0.15, -0.1) is 0 Å². The molecule has 134 valence electrons. The van der Waals surface area contributed by atoms with Crippen molar-refractivity contribution in [3.63, 3.8) is 0 Å². The monoisotopic (exact) mass is 375 g/mol. The summed E-state index contributed by atoms with van der Waals surface area (Å²) in [6, 6.07) is 9.13. The molecule has 1 amide bonds. The number of nitrogens with zero attached hydrogens (tertiary/aromatic N) is 2. The Morgan fingerprint density at radius 3 is 2.81 bits per heavy atom. The molecule has 2 aromatic rings. The number of amides is 1. The second-order valence-corrected chi connectivity index (χ2v) is 6.18. The van der Waals surface area contributed by atoms with Gasteiger partial charge in [0.25, 0.3) is 5.69 Å². The van der Waals surface area contributed by atoms with Gasteiger partial charge in [-0.1, -0.05) is 17.7 Å². The van der Waals surface area contributed by atoms with E-state index in [9.17, 15) is 19.7 Å². The number of hydrogen-bond donors (Lipinski definition) is 1. The van der Waals surface area contributed by atoms with Crippen LogP contribution in [0.15, 0.2) is 36.4 Å². The van der Waals surface area contributed by atoms with Crippen LogP contribution in [-0.2, 0) is 9.59 Å². The van der Waals surface area contributed by atoms with Gasteiger partial charge in [0.1, 0.15) is 6.54 Å². The summed E-state index contributed by atoms with van der Waals surface area (Å²) in [4.78, 5) is 35.8. The number of nitro groups is 1. The molecule has 2 aromatic carbocycles. The lowest BCUT2D eigenvalue weighted by Gasteiger charge is -2.29. The molecule has 26 heavy (non-hydrogen) atoms. The molecule has 1 heterocycles. The quantitative estimate of drug-likeness (QED) is 0.381. The van der Waals surface area contributed by atoms with Gasteiger partial charge >= 0.3 is 5.97 Å². The molecule has 0 aromatic heterocycles. The maximum atomic E-state index is 12.3. The van der Waals surface area contributed by atoms with Gasteiger partial charge in [0.15, 0.2) is 5.75 Å². The number of hydrogen-bond acceptors (Lipinski definition) is 6. The van der Waals surface area contributed by atoms with E-state index in [0.29, 0.717) is 11.4 Å². The molecule has 0 saturated heterocycles. The fourth-order valence-electron chi connectivity index (χ4n) is 2.58. The van der Waals surface area contributed by atoms with Crippen LogP contribution in [0.3, 0.4) is 0 Å². The van der Waals surface area contributed by atoms with E-state index in [1.807, 2.05) is 13.0 Å². The van der Waals surface area contributed by atoms with Crippen molar-refractivity contribution in [2.75, 3.05) is 23.3 Å². The van der Waals surface area contributed by atoms with Crippen molar-refractivity contribution in [1.82, 2.24) is 0 Å². The van der Waals surface area contributed by atoms with Crippen LogP contribution in [0.2, 0.25) is 5.02 Å². The molecule has 3 rings (SSSR count). The first-order valence-corrected chi connectivity index (χ1v) is 8.01. The van der Waals surface area contributed by atoms with Gasteiger partial charge in [-0.05, 0) is 30.7 Å². The number of nitro benzene ring substituents is 1. The van der Waals surface area contributed by atoms with Crippen LogP contribution in [0, 0.1) is 17.0 Å². The summed E-state index contributed by atoms with van der Waals surface area (Å²) >= 11 is 5.98. The second kappa shape index (κ2) is 7.01. The van der Waals surface area contributed by atoms with Gasteiger partial charge in [0, 0.05) is 12.1 Å². The van der Waals surface area contributed by atoms with Gasteiger partial charge < -0.3 is 15.0 Å². The Morgan fingerprint density at radius 1 is 1.35 bits per heavy atom. The van der Waals surface area contributed by atoms with Crippen molar-refractivity contribution in [2.45, 2.75) is 6.92 Å². The molecule has 0 fully saturated rings. The number of nitrogens with one attached hydrogen (secondary N) is 1. The maximum absolute atomic E-state index is 12.3. The highest BCUT2D eigenvalue weighted by molar-refractivity contribution is 6.34. The molecule has 0 unspecified atom stereocenters. The molecule has 8 nitrogen and oxygen atoms in total. The number of halogens is 1. The predicted octanol–water partition coefficient (Wildman–Crippen LogP) is 2.92. The Bertz CT molecular complexity index is 915. The van der Waals surface area contributed by atoms with Gasteiger partial charge in [-0.3, -0.25) is 14.9 Å². The minimum atomic E-state index is -0.574. The smallest absolute Gasteiger partial charge is 0.331 e. The van der Waals surface area contributed by atoms with E-state index in [2.05, 4.69) is 5.32 Å². The first kappa shape index (κ1) is 17.7. The molecule has 0 bridgehead atoms.